The zero-order valence-electron chi connectivity index (χ0n) is 14.2. The summed E-state index contributed by atoms with van der Waals surface area (Å²) in [7, 11) is 0. The molecule has 2 aliphatic rings. The normalized spacial score (nSPS) is 43.1. The number of aliphatic hydroxyl groups is 6. The average molecular weight is 348 g/mol. The van der Waals surface area contributed by atoms with E-state index in [0.717, 1.165) is 5.57 Å². The van der Waals surface area contributed by atoms with Gasteiger partial charge in [-0.15, -0.1) is 0 Å². The van der Waals surface area contributed by atoms with Gasteiger partial charge in [0.05, 0.1) is 19.3 Å². The van der Waals surface area contributed by atoms with Crippen LogP contribution >= 0.6 is 0 Å². The molecular weight excluding hydrogens is 320 g/mol. The molecule has 0 saturated carbocycles. The van der Waals surface area contributed by atoms with E-state index in [-0.39, 0.29) is 6.61 Å². The van der Waals surface area contributed by atoms with Crippen LogP contribution in [0.25, 0.3) is 0 Å². The first kappa shape index (κ1) is 19.7. The van der Waals surface area contributed by atoms with Gasteiger partial charge in [0.2, 0.25) is 0 Å². The molecule has 140 valence electrons. The lowest BCUT2D eigenvalue weighted by atomic mass is 9.71. The Balaban J connectivity index is 2.22. The molecule has 1 saturated heterocycles. The molecule has 0 aromatic carbocycles. The number of hydrogen-bond acceptors (Lipinski definition) is 8. The van der Waals surface area contributed by atoms with E-state index in [0.29, 0.717) is 12.0 Å². The van der Waals surface area contributed by atoms with Crippen LogP contribution in [0.4, 0.5) is 0 Å². The molecule has 6 N–H and O–H groups in total. The van der Waals surface area contributed by atoms with Crippen LogP contribution in [0.2, 0.25) is 0 Å². The third-order valence-corrected chi connectivity index (χ3v) is 5.08. The summed E-state index contributed by atoms with van der Waals surface area (Å²) in [4.78, 5) is 0. The Hall–Kier alpha value is -0.580. The minimum absolute atomic E-state index is 0.180. The van der Waals surface area contributed by atoms with Crippen LogP contribution in [-0.2, 0) is 9.47 Å². The van der Waals surface area contributed by atoms with E-state index in [2.05, 4.69) is 0 Å². The second-order valence-corrected chi connectivity index (χ2v) is 7.23. The number of rotatable bonds is 4. The fourth-order valence-electron chi connectivity index (χ4n) is 3.60. The fraction of sp³-hybridized carbons (Fsp3) is 0.875. The first-order valence-corrected chi connectivity index (χ1v) is 8.09. The quantitative estimate of drug-likeness (QED) is 0.330. The average Bonchev–Trinajstić information content (AvgIpc) is 2.50. The van der Waals surface area contributed by atoms with Crippen LogP contribution in [0.15, 0.2) is 11.1 Å². The van der Waals surface area contributed by atoms with Crippen molar-refractivity contribution in [2.45, 2.75) is 70.1 Å². The van der Waals surface area contributed by atoms with Crippen molar-refractivity contribution < 1.29 is 40.1 Å². The predicted octanol–water partition coefficient (Wildman–Crippen LogP) is -1.73. The fourth-order valence-corrected chi connectivity index (χ4v) is 3.60. The lowest BCUT2D eigenvalue weighted by Gasteiger charge is -2.45. The molecule has 2 rings (SSSR count). The Morgan fingerprint density at radius 3 is 2.25 bits per heavy atom. The highest BCUT2D eigenvalue weighted by molar-refractivity contribution is 5.28. The number of ether oxygens (including phenoxy) is 2. The summed E-state index contributed by atoms with van der Waals surface area (Å²) in [5, 5.41) is 58.9. The Morgan fingerprint density at radius 2 is 1.71 bits per heavy atom. The maximum Gasteiger partial charge on any atom is 0.187 e. The van der Waals surface area contributed by atoms with Crippen molar-refractivity contribution in [3.05, 3.63) is 11.1 Å². The van der Waals surface area contributed by atoms with E-state index in [1.807, 2.05) is 13.8 Å². The zero-order valence-corrected chi connectivity index (χ0v) is 14.2. The molecule has 8 nitrogen and oxygen atoms in total. The molecule has 0 unspecified atom stereocenters. The van der Waals surface area contributed by atoms with Crippen LogP contribution in [0.5, 0.6) is 0 Å². The maximum atomic E-state index is 10.4. The van der Waals surface area contributed by atoms with Crippen LogP contribution in [0.3, 0.4) is 0 Å². The number of hydrogen-bond donors (Lipinski definition) is 6. The summed E-state index contributed by atoms with van der Waals surface area (Å²) in [5.74, 6) is 0. The van der Waals surface area contributed by atoms with E-state index in [1.165, 1.54) is 0 Å². The standard InChI is InChI=1S/C16H28O8/c1-7-8(5-17)16(2,3)4-9(19)14(7)24-15-13(22)12(21)11(20)10(6-18)23-15/h9-15,17-22H,4-6H2,1-3H3/t9-,10+,11+,12-,13+,14+,15-/m0/s1. The molecule has 1 aliphatic heterocycles. The molecule has 0 aromatic rings. The first-order valence-electron chi connectivity index (χ1n) is 8.09. The van der Waals surface area contributed by atoms with E-state index in [9.17, 15) is 30.6 Å². The van der Waals surface area contributed by atoms with Crippen molar-refractivity contribution in [1.29, 1.82) is 0 Å². The molecule has 0 spiro atoms. The number of aliphatic hydroxyl groups excluding tert-OH is 6. The van der Waals surface area contributed by atoms with Crippen molar-refractivity contribution in [3.8, 4) is 0 Å². The van der Waals surface area contributed by atoms with Gasteiger partial charge in [-0.3, -0.25) is 0 Å². The van der Waals surface area contributed by atoms with Gasteiger partial charge in [-0.25, -0.2) is 0 Å². The van der Waals surface area contributed by atoms with Crippen LogP contribution in [0, 0.1) is 5.41 Å². The molecule has 0 amide bonds. The predicted molar refractivity (Wildman–Crippen MR) is 82.8 cm³/mol. The van der Waals surface area contributed by atoms with Gasteiger partial charge in [0.1, 0.15) is 30.5 Å². The molecule has 1 aliphatic carbocycles. The minimum atomic E-state index is -1.54. The molecule has 0 radical (unpaired) electrons. The van der Waals surface area contributed by atoms with Crippen molar-refractivity contribution in [2.75, 3.05) is 13.2 Å². The van der Waals surface area contributed by atoms with Gasteiger partial charge >= 0.3 is 0 Å². The van der Waals surface area contributed by atoms with Gasteiger partial charge in [-0.05, 0) is 29.9 Å². The van der Waals surface area contributed by atoms with Gasteiger partial charge < -0.3 is 40.1 Å². The molecule has 8 heteroatoms. The molecule has 0 aromatic heterocycles. The van der Waals surface area contributed by atoms with Crippen LogP contribution in [-0.4, -0.2) is 86.8 Å². The van der Waals surface area contributed by atoms with Gasteiger partial charge in [0.15, 0.2) is 6.29 Å². The second-order valence-electron chi connectivity index (χ2n) is 7.23. The topological polar surface area (TPSA) is 140 Å². The Bertz CT molecular complexity index is 475. The Morgan fingerprint density at radius 1 is 1.08 bits per heavy atom. The first-order chi connectivity index (χ1) is 11.1. The SMILES string of the molecule is CC1=C(CO)C(C)(C)C[C@H](O)[C@@H]1O[C@@H]1O[C@H](CO)[C@@H](O)[C@H](O)[C@H]1O. The second kappa shape index (κ2) is 7.35. The lowest BCUT2D eigenvalue weighted by molar-refractivity contribution is -0.314. The summed E-state index contributed by atoms with van der Waals surface area (Å²) in [6.45, 7) is 4.82. The van der Waals surface area contributed by atoms with Crippen molar-refractivity contribution in [2.24, 2.45) is 5.41 Å². The van der Waals surface area contributed by atoms with Crippen LogP contribution in [0.1, 0.15) is 27.2 Å². The highest BCUT2D eigenvalue weighted by Crippen LogP contribution is 2.41. The molecular formula is C16H28O8. The summed E-state index contributed by atoms with van der Waals surface area (Å²) in [5.41, 5.74) is 0.980. The molecule has 0 bridgehead atoms. The smallest absolute Gasteiger partial charge is 0.187 e. The Labute approximate surface area is 141 Å². The minimum Gasteiger partial charge on any atom is -0.394 e. The molecule has 1 heterocycles. The van der Waals surface area contributed by atoms with E-state index >= 15 is 0 Å². The molecule has 24 heavy (non-hydrogen) atoms. The largest absolute Gasteiger partial charge is 0.394 e. The van der Waals surface area contributed by atoms with E-state index in [4.69, 9.17) is 9.47 Å². The van der Waals surface area contributed by atoms with Crippen molar-refractivity contribution in [1.82, 2.24) is 0 Å². The van der Waals surface area contributed by atoms with Crippen molar-refractivity contribution in [3.63, 3.8) is 0 Å². The van der Waals surface area contributed by atoms with Crippen molar-refractivity contribution >= 4 is 0 Å². The van der Waals surface area contributed by atoms with Gasteiger partial charge in [0.25, 0.3) is 0 Å². The van der Waals surface area contributed by atoms with Crippen LogP contribution < -0.4 is 0 Å². The van der Waals surface area contributed by atoms with E-state index in [1.54, 1.807) is 6.92 Å². The monoisotopic (exact) mass is 348 g/mol. The molecule has 7 atom stereocenters. The highest BCUT2D eigenvalue weighted by Gasteiger charge is 2.47. The summed E-state index contributed by atoms with van der Waals surface area (Å²) in [6.07, 6.45) is -8.31. The maximum absolute atomic E-state index is 10.4. The van der Waals surface area contributed by atoms with Gasteiger partial charge in [-0.1, -0.05) is 13.8 Å². The lowest BCUT2D eigenvalue weighted by Crippen LogP contribution is -2.60. The molecule has 1 fully saturated rings. The summed E-state index contributed by atoms with van der Waals surface area (Å²) < 4.78 is 11.0. The Kier molecular flexibility index (Phi) is 6.04. The third kappa shape index (κ3) is 3.51. The van der Waals surface area contributed by atoms with Gasteiger partial charge in [-0.2, -0.15) is 0 Å². The van der Waals surface area contributed by atoms with Gasteiger partial charge in [0, 0.05) is 0 Å². The van der Waals surface area contributed by atoms with E-state index < -0.39 is 54.9 Å². The summed E-state index contributed by atoms with van der Waals surface area (Å²) >= 11 is 0. The highest BCUT2D eigenvalue weighted by atomic mass is 16.7. The third-order valence-electron chi connectivity index (χ3n) is 5.08. The summed E-state index contributed by atoms with van der Waals surface area (Å²) in [6, 6.07) is 0. The zero-order chi connectivity index (χ0) is 18.2.